The van der Waals surface area contributed by atoms with Gasteiger partial charge in [0.2, 0.25) is 0 Å². The molecule has 1 atom stereocenters. The maximum atomic E-state index is 6.08. The number of piperazine rings is 1. The summed E-state index contributed by atoms with van der Waals surface area (Å²) in [7, 11) is 6.29. The van der Waals surface area contributed by atoms with E-state index >= 15 is 0 Å². The first-order valence-corrected chi connectivity index (χ1v) is 12.2. The SMILES string of the molecule is B=C1C=C(c2ccncc2)N=C(N2CCN(C(=C)OCc3ccccc3)C[C@@H]2c2ccc(B)cc2)N1. The van der Waals surface area contributed by atoms with Gasteiger partial charge in [-0.1, -0.05) is 18.2 Å². The van der Waals surface area contributed by atoms with Crippen molar-refractivity contribution in [3.8, 4) is 0 Å². The number of nitrogens with zero attached hydrogens (tertiary/aromatic N) is 4. The molecule has 1 aromatic heterocycles. The van der Waals surface area contributed by atoms with Gasteiger partial charge >= 0.3 is 196 Å². The van der Waals surface area contributed by atoms with Crippen LogP contribution in [-0.4, -0.2) is 61.3 Å². The van der Waals surface area contributed by atoms with Crippen molar-refractivity contribution in [3.63, 3.8) is 0 Å². The molecular formula is C28H29B2N5O. The van der Waals surface area contributed by atoms with E-state index in [1.54, 1.807) is 12.4 Å². The Bertz CT molecular complexity index is 1290. The van der Waals surface area contributed by atoms with Gasteiger partial charge < -0.3 is 0 Å². The topological polar surface area (TPSA) is 53.0 Å². The fourth-order valence-electron chi connectivity index (χ4n) is 4.49. The molecule has 36 heavy (non-hydrogen) atoms. The monoisotopic (exact) mass is 473 g/mol. The number of nitrogens with one attached hydrogen (secondary N) is 1. The summed E-state index contributed by atoms with van der Waals surface area (Å²) < 4.78 is 6.08. The normalized spacial score (nSPS) is 17.6. The second-order valence-corrected chi connectivity index (χ2v) is 9.09. The van der Waals surface area contributed by atoms with Crippen molar-refractivity contribution in [3.05, 3.63) is 114 Å². The molecule has 0 bridgehead atoms. The van der Waals surface area contributed by atoms with Crippen LogP contribution >= 0.6 is 0 Å². The molecule has 0 unspecified atom stereocenters. The summed E-state index contributed by atoms with van der Waals surface area (Å²) >= 11 is 0. The molecule has 2 aliphatic heterocycles. The van der Waals surface area contributed by atoms with Gasteiger partial charge in [-0.2, -0.15) is 0 Å². The van der Waals surface area contributed by atoms with Crippen molar-refractivity contribution in [2.24, 2.45) is 4.99 Å². The van der Waals surface area contributed by atoms with Crippen LogP contribution in [0.2, 0.25) is 0 Å². The molecule has 0 aliphatic carbocycles. The van der Waals surface area contributed by atoms with Crippen molar-refractivity contribution in [1.29, 1.82) is 0 Å². The number of rotatable bonds is 6. The van der Waals surface area contributed by atoms with Crippen molar-refractivity contribution in [2.75, 3.05) is 19.6 Å². The summed E-state index contributed by atoms with van der Waals surface area (Å²) in [5, 5.41) is 3.40. The number of ether oxygens (including phenoxy) is 1. The number of hydrogen-bond acceptors (Lipinski definition) is 6. The summed E-state index contributed by atoms with van der Waals surface area (Å²) in [4.78, 5) is 13.7. The second kappa shape index (κ2) is 10.7. The first-order valence-electron chi connectivity index (χ1n) is 12.2. The molecule has 2 aromatic carbocycles. The van der Waals surface area contributed by atoms with Crippen LogP contribution in [0.3, 0.4) is 0 Å². The molecule has 5 rings (SSSR count). The van der Waals surface area contributed by atoms with Crippen molar-refractivity contribution in [1.82, 2.24) is 20.1 Å². The zero-order chi connectivity index (χ0) is 24.9. The van der Waals surface area contributed by atoms with E-state index in [1.807, 2.05) is 36.4 Å². The maximum absolute atomic E-state index is 6.08. The molecule has 0 radical (unpaired) electrons. The predicted molar refractivity (Wildman–Crippen MR) is 151 cm³/mol. The average Bonchev–Trinajstić information content (AvgIpc) is 2.92. The third-order valence-electron chi connectivity index (χ3n) is 6.50. The van der Waals surface area contributed by atoms with Gasteiger partial charge in [0.15, 0.2) is 0 Å². The molecule has 0 spiro atoms. The third-order valence-corrected chi connectivity index (χ3v) is 6.50. The van der Waals surface area contributed by atoms with E-state index in [1.165, 1.54) is 11.0 Å². The Morgan fingerprint density at radius 3 is 2.56 bits per heavy atom. The number of aromatic nitrogens is 1. The molecule has 178 valence electrons. The quantitative estimate of drug-likeness (QED) is 0.437. The number of benzene rings is 2. The molecule has 1 saturated heterocycles. The Morgan fingerprint density at radius 2 is 1.81 bits per heavy atom. The van der Waals surface area contributed by atoms with Crippen LogP contribution in [0.15, 0.2) is 103 Å². The minimum absolute atomic E-state index is 0.0623. The first-order chi connectivity index (χ1) is 17.6. The molecule has 1 fully saturated rings. The van der Waals surface area contributed by atoms with Gasteiger partial charge in [-0.25, -0.2) is 0 Å². The molecule has 8 heteroatoms. The Balaban J connectivity index is 1.39. The van der Waals surface area contributed by atoms with Crippen molar-refractivity contribution < 1.29 is 4.74 Å². The van der Waals surface area contributed by atoms with E-state index in [0.29, 0.717) is 12.5 Å². The van der Waals surface area contributed by atoms with Gasteiger partial charge in [0.1, 0.15) is 0 Å². The van der Waals surface area contributed by atoms with Gasteiger partial charge in [0, 0.05) is 0 Å². The third kappa shape index (κ3) is 5.43. The van der Waals surface area contributed by atoms with E-state index < -0.39 is 0 Å². The Hall–Kier alpha value is -4.06. The van der Waals surface area contributed by atoms with E-state index in [0.717, 1.165) is 48.0 Å². The molecular weight excluding hydrogens is 444 g/mol. The number of hydrogen-bond donors (Lipinski definition) is 1. The standard InChI is InChI=1S/C28H29B2N5O/c1-20(36-19-21-5-3-2-4-6-21)34-15-16-35(26(18-34)23-7-9-24(29)10-8-23)28-32-25(17-27(30)33-28)22-11-13-31-14-12-22/h2-14,17,26,30H,1,15-16,18-19,29H2,(H,32,33)/t26-/m1/s1. The zero-order valence-electron chi connectivity index (χ0n) is 20.6. The molecule has 3 heterocycles. The van der Waals surface area contributed by atoms with E-state index in [9.17, 15) is 0 Å². The van der Waals surface area contributed by atoms with E-state index in [2.05, 4.69) is 78.4 Å². The second-order valence-electron chi connectivity index (χ2n) is 9.09. The van der Waals surface area contributed by atoms with Crippen molar-refractivity contribution >= 4 is 38.0 Å². The van der Waals surface area contributed by atoms with Gasteiger partial charge in [0.05, 0.1) is 0 Å². The van der Waals surface area contributed by atoms with Crippen LogP contribution in [-0.2, 0) is 11.3 Å². The molecule has 0 saturated carbocycles. The zero-order valence-corrected chi connectivity index (χ0v) is 20.6. The summed E-state index contributed by atoms with van der Waals surface area (Å²) in [5.41, 5.74) is 6.28. The summed E-state index contributed by atoms with van der Waals surface area (Å²) in [6.45, 7) is 7.02. The molecule has 2 aliphatic rings. The number of guanidine groups is 1. The summed E-state index contributed by atoms with van der Waals surface area (Å²) in [6, 6.07) is 22.9. The number of aliphatic imine (C=N–C) groups is 1. The average molecular weight is 473 g/mol. The summed E-state index contributed by atoms with van der Waals surface area (Å²) in [5.74, 6) is 1.49. The van der Waals surface area contributed by atoms with Crippen LogP contribution in [0.5, 0.6) is 0 Å². The summed E-state index contributed by atoms with van der Waals surface area (Å²) in [6.07, 6.45) is 5.53. The number of pyridine rings is 1. The molecule has 6 nitrogen and oxygen atoms in total. The molecule has 0 amide bonds. The van der Waals surface area contributed by atoms with Crippen LogP contribution in [0.1, 0.15) is 22.7 Å². The minimum atomic E-state index is 0.0623. The van der Waals surface area contributed by atoms with Crippen LogP contribution in [0.25, 0.3) is 5.70 Å². The van der Waals surface area contributed by atoms with E-state index in [-0.39, 0.29) is 6.04 Å². The Kier molecular flexibility index (Phi) is 7.03. The predicted octanol–water partition coefficient (Wildman–Crippen LogP) is 1.72. The van der Waals surface area contributed by atoms with Gasteiger partial charge in [0.25, 0.3) is 0 Å². The van der Waals surface area contributed by atoms with Gasteiger partial charge in [-0.05, 0) is 0 Å². The van der Waals surface area contributed by atoms with Crippen LogP contribution < -0.4 is 10.8 Å². The first kappa shape index (κ1) is 23.7. The molecule has 1 N–H and O–H groups in total. The molecule has 3 aromatic rings. The fourth-order valence-corrected chi connectivity index (χ4v) is 4.49. The fraction of sp³-hybridized carbons (Fsp3) is 0.179. The van der Waals surface area contributed by atoms with Gasteiger partial charge in [-0.15, -0.1) is 0 Å². The van der Waals surface area contributed by atoms with Crippen molar-refractivity contribution in [2.45, 2.75) is 12.6 Å². The van der Waals surface area contributed by atoms with Crippen LogP contribution in [0, 0.1) is 0 Å². The van der Waals surface area contributed by atoms with Gasteiger partial charge in [-0.3, -0.25) is 0 Å². The van der Waals surface area contributed by atoms with E-state index in [4.69, 9.17) is 9.73 Å². The van der Waals surface area contributed by atoms with Crippen LogP contribution in [0.4, 0.5) is 0 Å². The Morgan fingerprint density at radius 1 is 1.06 bits per heavy atom. The Labute approximate surface area is 214 Å².